The van der Waals surface area contributed by atoms with Crippen molar-refractivity contribution in [3.63, 3.8) is 0 Å². The first-order valence-electron chi connectivity index (χ1n) is 4.94. The summed E-state index contributed by atoms with van der Waals surface area (Å²) < 4.78 is 4.68. The molecule has 0 aromatic rings. The van der Waals surface area contributed by atoms with E-state index in [0.29, 0.717) is 0 Å². The van der Waals surface area contributed by atoms with Crippen LogP contribution in [0.1, 0.15) is 46.5 Å². The van der Waals surface area contributed by atoms with Crippen LogP contribution in [-0.4, -0.2) is 13.1 Å². The average molecular weight is 184 g/mol. The lowest BCUT2D eigenvalue weighted by Crippen LogP contribution is -2.05. The lowest BCUT2D eigenvalue weighted by molar-refractivity contribution is -0.136. The number of esters is 1. The third-order valence-electron chi connectivity index (χ3n) is 2.28. The number of unbranched alkanes of at least 4 members (excludes halogenated alkanes) is 1. The minimum atomic E-state index is -0.187. The lowest BCUT2D eigenvalue weighted by Gasteiger charge is -2.07. The second kappa shape index (κ2) is 6.70. The summed E-state index contributed by atoms with van der Waals surface area (Å²) in [6.45, 7) is 6.08. The van der Waals surface area contributed by atoms with Crippen molar-refractivity contribution in [1.29, 1.82) is 0 Å². The zero-order chi connectivity index (χ0) is 10.3. The molecule has 2 heteroatoms. The molecular formula is C11H20O2. The fourth-order valence-corrected chi connectivity index (χ4v) is 1.32. The molecule has 0 rings (SSSR count). The van der Waals surface area contributed by atoms with Gasteiger partial charge in [0.05, 0.1) is 7.11 Å². The van der Waals surface area contributed by atoms with Crippen LogP contribution < -0.4 is 0 Å². The molecule has 0 saturated carbocycles. The lowest BCUT2D eigenvalue weighted by atomic mass is 10.0. The largest absolute Gasteiger partial charge is 0.466 e. The molecule has 0 aliphatic carbocycles. The molecule has 0 aliphatic heterocycles. The first-order valence-corrected chi connectivity index (χ1v) is 4.94. The van der Waals surface area contributed by atoms with Crippen molar-refractivity contribution in [1.82, 2.24) is 0 Å². The Labute approximate surface area is 81.0 Å². The highest BCUT2D eigenvalue weighted by atomic mass is 16.5. The van der Waals surface area contributed by atoms with Gasteiger partial charge in [-0.05, 0) is 26.2 Å². The number of ether oxygens (including phenoxy) is 1. The van der Waals surface area contributed by atoms with Crippen molar-refractivity contribution < 1.29 is 9.53 Å². The van der Waals surface area contributed by atoms with Gasteiger partial charge >= 0.3 is 5.97 Å². The minimum Gasteiger partial charge on any atom is -0.466 e. The standard InChI is InChI=1S/C11H20O2/c1-5-7-8-10(6-2)9(3)11(12)13-4/h5-8H2,1-4H3/b10-9+. The molecule has 0 aromatic carbocycles. The zero-order valence-electron chi connectivity index (χ0n) is 9.14. The maximum absolute atomic E-state index is 11.2. The van der Waals surface area contributed by atoms with Crippen LogP contribution in [-0.2, 0) is 9.53 Å². The number of hydrogen-bond acceptors (Lipinski definition) is 2. The molecule has 0 saturated heterocycles. The Bertz CT molecular complexity index is 192. The van der Waals surface area contributed by atoms with Crippen LogP contribution in [0.3, 0.4) is 0 Å². The van der Waals surface area contributed by atoms with E-state index in [1.54, 1.807) is 0 Å². The van der Waals surface area contributed by atoms with Gasteiger partial charge in [-0.2, -0.15) is 0 Å². The molecule has 0 N–H and O–H groups in total. The summed E-state index contributed by atoms with van der Waals surface area (Å²) in [5.74, 6) is -0.187. The van der Waals surface area contributed by atoms with Crippen molar-refractivity contribution in [2.75, 3.05) is 7.11 Å². The third-order valence-corrected chi connectivity index (χ3v) is 2.28. The van der Waals surface area contributed by atoms with Gasteiger partial charge in [0.25, 0.3) is 0 Å². The first kappa shape index (κ1) is 12.2. The summed E-state index contributed by atoms with van der Waals surface area (Å²) in [7, 11) is 1.43. The highest BCUT2D eigenvalue weighted by Crippen LogP contribution is 2.16. The van der Waals surface area contributed by atoms with Gasteiger partial charge in [0.1, 0.15) is 0 Å². The number of carbonyl (C=O) groups excluding carboxylic acids is 1. The van der Waals surface area contributed by atoms with Crippen LogP contribution in [0.2, 0.25) is 0 Å². The normalized spacial score (nSPS) is 12.3. The zero-order valence-corrected chi connectivity index (χ0v) is 9.14. The Kier molecular flexibility index (Phi) is 6.29. The monoisotopic (exact) mass is 184 g/mol. The molecule has 0 radical (unpaired) electrons. The minimum absolute atomic E-state index is 0.187. The van der Waals surface area contributed by atoms with Crippen LogP contribution in [0.25, 0.3) is 0 Å². The van der Waals surface area contributed by atoms with Crippen molar-refractivity contribution in [2.24, 2.45) is 0 Å². The van der Waals surface area contributed by atoms with Crippen LogP contribution >= 0.6 is 0 Å². The summed E-state index contributed by atoms with van der Waals surface area (Å²) in [6, 6.07) is 0. The summed E-state index contributed by atoms with van der Waals surface area (Å²) in [5, 5.41) is 0. The van der Waals surface area contributed by atoms with Gasteiger partial charge in [0.2, 0.25) is 0 Å². The predicted octanol–water partition coefficient (Wildman–Crippen LogP) is 3.08. The van der Waals surface area contributed by atoms with Gasteiger partial charge in [-0.3, -0.25) is 0 Å². The quantitative estimate of drug-likeness (QED) is 0.485. The number of allylic oxidation sites excluding steroid dienone is 1. The van der Waals surface area contributed by atoms with E-state index in [1.807, 2.05) is 6.92 Å². The van der Waals surface area contributed by atoms with Gasteiger partial charge in [0.15, 0.2) is 0 Å². The predicted molar refractivity (Wildman–Crippen MR) is 54.5 cm³/mol. The van der Waals surface area contributed by atoms with Crippen LogP contribution in [0.15, 0.2) is 11.1 Å². The Morgan fingerprint density at radius 2 is 1.92 bits per heavy atom. The Morgan fingerprint density at radius 1 is 1.31 bits per heavy atom. The van der Waals surface area contributed by atoms with E-state index in [0.717, 1.165) is 31.3 Å². The van der Waals surface area contributed by atoms with Crippen LogP contribution in [0.5, 0.6) is 0 Å². The molecule has 0 atom stereocenters. The fraction of sp³-hybridized carbons (Fsp3) is 0.727. The summed E-state index contributed by atoms with van der Waals surface area (Å²) in [5.41, 5.74) is 2.02. The summed E-state index contributed by atoms with van der Waals surface area (Å²) in [4.78, 5) is 11.2. The van der Waals surface area contributed by atoms with Gasteiger partial charge in [-0.1, -0.05) is 25.8 Å². The maximum atomic E-state index is 11.2. The molecule has 13 heavy (non-hydrogen) atoms. The topological polar surface area (TPSA) is 26.3 Å². The smallest absolute Gasteiger partial charge is 0.333 e. The van der Waals surface area contributed by atoms with E-state index in [2.05, 4.69) is 18.6 Å². The number of hydrogen-bond donors (Lipinski definition) is 0. The van der Waals surface area contributed by atoms with E-state index in [1.165, 1.54) is 12.7 Å². The molecule has 76 valence electrons. The molecule has 0 aromatic heterocycles. The van der Waals surface area contributed by atoms with E-state index >= 15 is 0 Å². The number of rotatable bonds is 5. The van der Waals surface area contributed by atoms with E-state index in [4.69, 9.17) is 0 Å². The molecule has 0 amide bonds. The van der Waals surface area contributed by atoms with Crippen molar-refractivity contribution in [2.45, 2.75) is 46.5 Å². The molecule has 2 nitrogen and oxygen atoms in total. The molecule has 0 fully saturated rings. The van der Waals surface area contributed by atoms with Gasteiger partial charge in [-0.15, -0.1) is 0 Å². The molecule has 0 aliphatic rings. The van der Waals surface area contributed by atoms with E-state index < -0.39 is 0 Å². The van der Waals surface area contributed by atoms with Gasteiger partial charge in [-0.25, -0.2) is 4.79 Å². The van der Waals surface area contributed by atoms with Crippen molar-refractivity contribution in [3.05, 3.63) is 11.1 Å². The maximum Gasteiger partial charge on any atom is 0.333 e. The second-order valence-corrected chi connectivity index (χ2v) is 3.18. The van der Waals surface area contributed by atoms with E-state index in [-0.39, 0.29) is 5.97 Å². The second-order valence-electron chi connectivity index (χ2n) is 3.18. The number of methoxy groups -OCH3 is 1. The van der Waals surface area contributed by atoms with Crippen LogP contribution in [0.4, 0.5) is 0 Å². The molecule has 0 heterocycles. The Balaban J connectivity index is 4.39. The van der Waals surface area contributed by atoms with Gasteiger partial charge in [0, 0.05) is 5.57 Å². The molecule has 0 spiro atoms. The Morgan fingerprint density at radius 3 is 2.31 bits per heavy atom. The highest BCUT2D eigenvalue weighted by molar-refractivity contribution is 5.88. The summed E-state index contributed by atoms with van der Waals surface area (Å²) >= 11 is 0. The fourth-order valence-electron chi connectivity index (χ4n) is 1.32. The number of carbonyl (C=O) groups is 1. The Hall–Kier alpha value is -0.790. The highest BCUT2D eigenvalue weighted by Gasteiger charge is 2.08. The molecular weight excluding hydrogens is 164 g/mol. The molecule has 0 unspecified atom stereocenters. The third kappa shape index (κ3) is 4.11. The van der Waals surface area contributed by atoms with Crippen LogP contribution in [0, 0.1) is 0 Å². The van der Waals surface area contributed by atoms with Gasteiger partial charge < -0.3 is 4.74 Å². The van der Waals surface area contributed by atoms with Crippen molar-refractivity contribution >= 4 is 5.97 Å². The van der Waals surface area contributed by atoms with E-state index in [9.17, 15) is 4.79 Å². The average Bonchev–Trinajstić information content (AvgIpc) is 2.17. The molecule has 0 bridgehead atoms. The summed E-state index contributed by atoms with van der Waals surface area (Å²) in [6.07, 6.45) is 4.28. The van der Waals surface area contributed by atoms with Crippen molar-refractivity contribution in [3.8, 4) is 0 Å². The SMILES string of the molecule is CCCC/C(CC)=C(\C)C(=O)OC. The first-order chi connectivity index (χ1) is 6.17.